The van der Waals surface area contributed by atoms with Gasteiger partial charge in [-0.25, -0.2) is 0 Å². The smallest absolute Gasteiger partial charge is 0.255 e. The SMILES string of the molecule is Cc1ccc(O)c(C(=O)NCCc2nnc3n2CCCCC3)c1. The molecule has 0 atom stereocenters. The summed E-state index contributed by atoms with van der Waals surface area (Å²) in [5.74, 6) is 1.72. The van der Waals surface area contributed by atoms with Crippen LogP contribution in [0.1, 0.15) is 46.8 Å². The van der Waals surface area contributed by atoms with Crippen LogP contribution >= 0.6 is 0 Å². The van der Waals surface area contributed by atoms with Crippen molar-refractivity contribution < 1.29 is 9.90 Å². The van der Waals surface area contributed by atoms with Gasteiger partial charge in [-0.05, 0) is 31.9 Å². The van der Waals surface area contributed by atoms with E-state index >= 15 is 0 Å². The Morgan fingerprint density at radius 3 is 3.04 bits per heavy atom. The second-order valence-corrected chi connectivity index (χ2v) is 6.02. The van der Waals surface area contributed by atoms with E-state index in [1.54, 1.807) is 18.2 Å². The lowest BCUT2D eigenvalue weighted by molar-refractivity contribution is 0.0951. The first-order valence-corrected chi connectivity index (χ1v) is 8.14. The Labute approximate surface area is 135 Å². The summed E-state index contributed by atoms with van der Waals surface area (Å²) in [6, 6.07) is 5.01. The fraction of sp³-hybridized carbons (Fsp3) is 0.471. The lowest BCUT2D eigenvalue weighted by atomic mass is 10.1. The van der Waals surface area contributed by atoms with E-state index < -0.39 is 0 Å². The van der Waals surface area contributed by atoms with Crippen molar-refractivity contribution in [3.63, 3.8) is 0 Å². The molecule has 3 rings (SSSR count). The van der Waals surface area contributed by atoms with E-state index in [9.17, 15) is 9.90 Å². The second kappa shape index (κ2) is 6.81. The predicted octanol–water partition coefficient (Wildman–Crippen LogP) is 1.99. The molecule has 6 nitrogen and oxygen atoms in total. The monoisotopic (exact) mass is 314 g/mol. The van der Waals surface area contributed by atoms with E-state index in [1.807, 2.05) is 6.92 Å². The number of hydrogen-bond acceptors (Lipinski definition) is 4. The van der Waals surface area contributed by atoms with Gasteiger partial charge in [-0.15, -0.1) is 10.2 Å². The van der Waals surface area contributed by atoms with Gasteiger partial charge < -0.3 is 15.0 Å². The molecule has 1 aromatic heterocycles. The number of benzene rings is 1. The zero-order valence-corrected chi connectivity index (χ0v) is 13.4. The maximum Gasteiger partial charge on any atom is 0.255 e. The molecule has 1 aliphatic heterocycles. The molecule has 2 heterocycles. The number of aromatic hydroxyl groups is 1. The molecule has 0 spiro atoms. The summed E-state index contributed by atoms with van der Waals surface area (Å²) in [6.45, 7) is 3.33. The molecule has 0 unspecified atom stereocenters. The largest absolute Gasteiger partial charge is 0.507 e. The minimum absolute atomic E-state index is 0.00412. The van der Waals surface area contributed by atoms with Crippen LogP contribution in [0.15, 0.2) is 18.2 Å². The lowest BCUT2D eigenvalue weighted by Gasteiger charge is -2.09. The van der Waals surface area contributed by atoms with E-state index in [1.165, 1.54) is 12.8 Å². The van der Waals surface area contributed by atoms with E-state index in [4.69, 9.17) is 0 Å². The van der Waals surface area contributed by atoms with E-state index in [0.717, 1.165) is 36.6 Å². The fourth-order valence-electron chi connectivity index (χ4n) is 2.95. The van der Waals surface area contributed by atoms with Crippen molar-refractivity contribution in [3.8, 4) is 5.75 Å². The number of nitrogens with zero attached hydrogens (tertiary/aromatic N) is 3. The number of phenols is 1. The van der Waals surface area contributed by atoms with Gasteiger partial charge in [0.25, 0.3) is 5.91 Å². The Hall–Kier alpha value is -2.37. The molecule has 6 heteroatoms. The molecular weight excluding hydrogens is 292 g/mol. The number of amides is 1. The maximum absolute atomic E-state index is 12.2. The summed E-state index contributed by atoms with van der Waals surface area (Å²) in [5.41, 5.74) is 1.25. The highest BCUT2D eigenvalue weighted by molar-refractivity contribution is 5.96. The molecule has 0 aliphatic carbocycles. The Balaban J connectivity index is 1.60. The summed E-state index contributed by atoms with van der Waals surface area (Å²) in [4.78, 5) is 12.2. The summed E-state index contributed by atoms with van der Waals surface area (Å²) >= 11 is 0. The molecule has 0 radical (unpaired) electrons. The number of fused-ring (bicyclic) bond motifs is 1. The second-order valence-electron chi connectivity index (χ2n) is 6.02. The van der Waals surface area contributed by atoms with Crippen LogP contribution < -0.4 is 5.32 Å². The Kier molecular flexibility index (Phi) is 4.60. The summed E-state index contributed by atoms with van der Waals surface area (Å²) < 4.78 is 2.18. The predicted molar refractivity (Wildman–Crippen MR) is 86.5 cm³/mol. The average molecular weight is 314 g/mol. The minimum Gasteiger partial charge on any atom is -0.507 e. The zero-order chi connectivity index (χ0) is 16.2. The molecule has 2 N–H and O–H groups in total. The van der Waals surface area contributed by atoms with Crippen molar-refractivity contribution in [2.24, 2.45) is 0 Å². The van der Waals surface area contributed by atoms with Gasteiger partial charge in [-0.2, -0.15) is 0 Å². The van der Waals surface area contributed by atoms with Gasteiger partial charge in [-0.3, -0.25) is 4.79 Å². The van der Waals surface area contributed by atoms with Crippen LogP contribution in [0.2, 0.25) is 0 Å². The van der Waals surface area contributed by atoms with Gasteiger partial charge in [0.05, 0.1) is 5.56 Å². The highest BCUT2D eigenvalue weighted by Crippen LogP contribution is 2.18. The van der Waals surface area contributed by atoms with Crippen LogP contribution in [0, 0.1) is 6.92 Å². The molecular formula is C17H22N4O2. The molecule has 0 bridgehead atoms. The van der Waals surface area contributed by atoms with Gasteiger partial charge in [-0.1, -0.05) is 18.1 Å². The topological polar surface area (TPSA) is 80.0 Å². The van der Waals surface area contributed by atoms with Gasteiger partial charge in [0.2, 0.25) is 0 Å². The third kappa shape index (κ3) is 3.52. The number of aryl methyl sites for hydroxylation is 2. The highest BCUT2D eigenvalue weighted by Gasteiger charge is 2.15. The van der Waals surface area contributed by atoms with Crippen molar-refractivity contribution in [2.45, 2.75) is 45.6 Å². The normalized spacial score (nSPS) is 14.1. The zero-order valence-electron chi connectivity index (χ0n) is 13.4. The molecule has 0 saturated carbocycles. The molecule has 0 fully saturated rings. The first kappa shape index (κ1) is 15.5. The molecule has 0 saturated heterocycles. The standard InChI is InChI=1S/C17H22N4O2/c1-12-6-7-14(22)13(11-12)17(23)18-9-8-16-20-19-15-5-3-2-4-10-21(15)16/h6-7,11,22H,2-5,8-10H2,1H3,(H,18,23). The summed E-state index contributed by atoms with van der Waals surface area (Å²) in [5, 5.41) is 21.2. The lowest BCUT2D eigenvalue weighted by Crippen LogP contribution is -2.26. The van der Waals surface area contributed by atoms with Gasteiger partial charge in [0, 0.05) is 25.9 Å². The average Bonchev–Trinajstić information content (AvgIpc) is 2.77. The third-order valence-corrected chi connectivity index (χ3v) is 4.22. The number of rotatable bonds is 4. The van der Waals surface area contributed by atoms with Crippen molar-refractivity contribution in [3.05, 3.63) is 41.0 Å². The first-order valence-electron chi connectivity index (χ1n) is 8.14. The minimum atomic E-state index is -0.262. The Morgan fingerprint density at radius 2 is 2.17 bits per heavy atom. The number of aromatic nitrogens is 3. The van der Waals surface area contributed by atoms with Gasteiger partial charge in [0.1, 0.15) is 17.4 Å². The molecule has 2 aromatic rings. The number of hydrogen-bond donors (Lipinski definition) is 2. The van der Waals surface area contributed by atoms with E-state index in [2.05, 4.69) is 20.1 Å². The van der Waals surface area contributed by atoms with Crippen LogP contribution in [0.3, 0.4) is 0 Å². The van der Waals surface area contributed by atoms with Gasteiger partial charge in [0.15, 0.2) is 0 Å². The molecule has 1 aliphatic rings. The number of carbonyl (C=O) groups is 1. The number of phenolic OH excluding ortho intramolecular Hbond substituents is 1. The fourth-order valence-corrected chi connectivity index (χ4v) is 2.95. The summed E-state index contributed by atoms with van der Waals surface area (Å²) in [7, 11) is 0. The molecule has 1 amide bonds. The quantitative estimate of drug-likeness (QED) is 0.904. The van der Waals surface area contributed by atoms with E-state index in [0.29, 0.717) is 18.5 Å². The third-order valence-electron chi connectivity index (χ3n) is 4.22. The molecule has 1 aromatic carbocycles. The van der Waals surface area contributed by atoms with Gasteiger partial charge >= 0.3 is 0 Å². The summed E-state index contributed by atoms with van der Waals surface area (Å²) in [6.07, 6.45) is 5.18. The number of nitrogens with one attached hydrogen (secondary N) is 1. The van der Waals surface area contributed by atoms with Crippen LogP contribution in [-0.2, 0) is 19.4 Å². The Morgan fingerprint density at radius 1 is 1.30 bits per heavy atom. The van der Waals surface area contributed by atoms with Crippen LogP contribution in [0.4, 0.5) is 0 Å². The van der Waals surface area contributed by atoms with Crippen molar-refractivity contribution in [1.29, 1.82) is 0 Å². The Bertz CT molecular complexity index is 709. The maximum atomic E-state index is 12.2. The van der Waals surface area contributed by atoms with Crippen molar-refractivity contribution in [1.82, 2.24) is 20.1 Å². The van der Waals surface area contributed by atoms with Crippen molar-refractivity contribution >= 4 is 5.91 Å². The molecule has 122 valence electrons. The number of carbonyl (C=O) groups excluding carboxylic acids is 1. The van der Waals surface area contributed by atoms with Crippen LogP contribution in [-0.4, -0.2) is 32.3 Å². The van der Waals surface area contributed by atoms with Crippen LogP contribution in [0.5, 0.6) is 5.75 Å². The van der Waals surface area contributed by atoms with Crippen molar-refractivity contribution in [2.75, 3.05) is 6.54 Å². The highest BCUT2D eigenvalue weighted by atomic mass is 16.3. The van der Waals surface area contributed by atoms with Crippen LogP contribution in [0.25, 0.3) is 0 Å². The first-order chi connectivity index (χ1) is 11.1. The molecule has 23 heavy (non-hydrogen) atoms. The van der Waals surface area contributed by atoms with E-state index in [-0.39, 0.29) is 11.7 Å².